The van der Waals surface area contributed by atoms with Crippen LogP contribution in [0.15, 0.2) is 40.6 Å². The molecule has 1 aromatic carbocycles. The van der Waals surface area contributed by atoms with E-state index in [9.17, 15) is 13.2 Å². The molecule has 1 fully saturated rings. The number of morpholine rings is 1. The standard InChI is InChI=1S/C18H19N3O4S2/c1-12-10-21(11-13(2)25-12)27(23,24)16-5-3-14(4-6-16)17(22)20-18-15(9-19)7-8-26-18/h3-8,12-13H,10-11H2,1-2H3,(H,20,22)/t12-,13+. The van der Waals surface area contributed by atoms with Crippen molar-refractivity contribution >= 4 is 32.3 Å². The average Bonchev–Trinajstić information content (AvgIpc) is 3.08. The van der Waals surface area contributed by atoms with Crippen molar-refractivity contribution in [2.75, 3.05) is 18.4 Å². The van der Waals surface area contributed by atoms with Gasteiger partial charge >= 0.3 is 0 Å². The van der Waals surface area contributed by atoms with Crippen molar-refractivity contribution in [1.29, 1.82) is 5.26 Å². The molecule has 7 nitrogen and oxygen atoms in total. The summed E-state index contributed by atoms with van der Waals surface area (Å²) in [6, 6.07) is 9.42. The molecule has 2 heterocycles. The Hall–Kier alpha value is -2.25. The van der Waals surface area contributed by atoms with E-state index in [1.807, 2.05) is 19.9 Å². The number of rotatable bonds is 4. The van der Waals surface area contributed by atoms with Crippen molar-refractivity contribution in [1.82, 2.24) is 4.31 Å². The van der Waals surface area contributed by atoms with Crippen molar-refractivity contribution in [3.63, 3.8) is 0 Å². The Labute approximate surface area is 162 Å². The second-order valence-electron chi connectivity index (χ2n) is 6.33. The van der Waals surface area contributed by atoms with Gasteiger partial charge in [0, 0.05) is 18.7 Å². The zero-order valence-corrected chi connectivity index (χ0v) is 16.5. The zero-order chi connectivity index (χ0) is 19.6. The summed E-state index contributed by atoms with van der Waals surface area (Å²) in [7, 11) is -3.65. The Kier molecular flexibility index (Phi) is 5.62. The number of carbonyl (C=O) groups is 1. The highest BCUT2D eigenvalue weighted by molar-refractivity contribution is 7.89. The molecule has 1 N–H and O–H groups in total. The number of hydrogen-bond donors (Lipinski definition) is 1. The molecular formula is C18H19N3O4S2. The number of sulfonamides is 1. The number of amides is 1. The van der Waals surface area contributed by atoms with Gasteiger partial charge in [0.15, 0.2) is 0 Å². The van der Waals surface area contributed by atoms with Gasteiger partial charge in [-0.2, -0.15) is 9.57 Å². The Morgan fingerprint density at radius 1 is 1.22 bits per heavy atom. The molecule has 3 rings (SSSR count). The lowest BCUT2D eigenvalue weighted by Crippen LogP contribution is -2.48. The first kappa shape index (κ1) is 19.5. The highest BCUT2D eigenvalue weighted by atomic mass is 32.2. The Morgan fingerprint density at radius 2 is 1.85 bits per heavy atom. The molecule has 0 bridgehead atoms. The number of nitrogens with one attached hydrogen (secondary N) is 1. The molecule has 1 amide bonds. The van der Waals surface area contributed by atoms with Crippen molar-refractivity contribution in [3.8, 4) is 6.07 Å². The summed E-state index contributed by atoms with van der Waals surface area (Å²) < 4.78 is 32.7. The van der Waals surface area contributed by atoms with Crippen molar-refractivity contribution in [2.24, 2.45) is 0 Å². The van der Waals surface area contributed by atoms with Gasteiger partial charge < -0.3 is 10.1 Å². The van der Waals surface area contributed by atoms with E-state index in [0.29, 0.717) is 29.2 Å². The van der Waals surface area contributed by atoms with Crippen LogP contribution >= 0.6 is 11.3 Å². The maximum absolute atomic E-state index is 12.8. The van der Waals surface area contributed by atoms with Gasteiger partial charge in [-0.15, -0.1) is 11.3 Å². The fourth-order valence-corrected chi connectivity index (χ4v) is 5.25. The SMILES string of the molecule is C[C@@H]1CN(S(=O)(=O)c2ccc(C(=O)Nc3sccc3C#N)cc2)C[C@H](C)O1. The molecule has 9 heteroatoms. The first-order valence-corrected chi connectivity index (χ1v) is 10.7. The number of nitrogens with zero attached hydrogens (tertiary/aromatic N) is 2. The summed E-state index contributed by atoms with van der Waals surface area (Å²) in [6.45, 7) is 4.27. The van der Waals surface area contributed by atoms with Crippen LogP contribution in [0.3, 0.4) is 0 Å². The van der Waals surface area contributed by atoms with E-state index in [0.717, 1.165) is 0 Å². The fraction of sp³-hybridized carbons (Fsp3) is 0.333. The van der Waals surface area contributed by atoms with Crippen LogP contribution < -0.4 is 5.32 Å². The minimum absolute atomic E-state index is 0.134. The lowest BCUT2D eigenvalue weighted by atomic mass is 10.2. The fourth-order valence-electron chi connectivity index (χ4n) is 2.92. The van der Waals surface area contributed by atoms with Crippen LogP contribution in [-0.4, -0.2) is 43.9 Å². The summed E-state index contributed by atoms with van der Waals surface area (Å²) in [5.41, 5.74) is 0.707. The van der Waals surface area contributed by atoms with Crippen LogP contribution in [-0.2, 0) is 14.8 Å². The molecule has 1 aliphatic rings. The van der Waals surface area contributed by atoms with Crippen molar-refractivity contribution in [2.45, 2.75) is 31.0 Å². The molecule has 1 aliphatic heterocycles. The summed E-state index contributed by atoms with van der Waals surface area (Å²) in [5.74, 6) is -0.397. The van der Waals surface area contributed by atoms with Crippen molar-refractivity contribution < 1.29 is 17.9 Å². The number of thiophene rings is 1. The summed E-state index contributed by atoms with van der Waals surface area (Å²) >= 11 is 1.25. The summed E-state index contributed by atoms with van der Waals surface area (Å²) in [6.07, 6.45) is -0.345. The number of carbonyl (C=O) groups excluding carboxylic acids is 1. The van der Waals surface area contributed by atoms with Crippen molar-refractivity contribution in [3.05, 3.63) is 46.8 Å². The molecule has 1 saturated heterocycles. The molecular weight excluding hydrogens is 386 g/mol. The second kappa shape index (κ2) is 7.78. The number of nitriles is 1. The molecule has 0 radical (unpaired) electrons. The minimum Gasteiger partial charge on any atom is -0.373 e. The molecule has 2 aromatic rings. The van der Waals surface area contributed by atoms with Gasteiger partial charge in [0.1, 0.15) is 11.1 Å². The summed E-state index contributed by atoms with van der Waals surface area (Å²) in [4.78, 5) is 12.5. The lowest BCUT2D eigenvalue weighted by molar-refractivity contribution is -0.0440. The highest BCUT2D eigenvalue weighted by Crippen LogP contribution is 2.24. The first-order valence-electron chi connectivity index (χ1n) is 8.36. The van der Waals surface area contributed by atoms with Crippen LogP contribution in [0.2, 0.25) is 0 Å². The van der Waals surface area contributed by atoms with Gasteiger partial charge in [-0.25, -0.2) is 8.42 Å². The molecule has 0 unspecified atom stereocenters. The third-order valence-corrected chi connectivity index (χ3v) is 6.83. The first-order chi connectivity index (χ1) is 12.8. The maximum atomic E-state index is 12.8. The van der Waals surface area contributed by atoms with E-state index in [2.05, 4.69) is 5.32 Å². The van der Waals surface area contributed by atoms with Gasteiger partial charge in [-0.3, -0.25) is 4.79 Å². The number of ether oxygens (including phenoxy) is 1. The smallest absolute Gasteiger partial charge is 0.256 e. The molecule has 0 spiro atoms. The largest absolute Gasteiger partial charge is 0.373 e. The third-order valence-electron chi connectivity index (χ3n) is 4.15. The molecule has 142 valence electrons. The van der Waals surface area contributed by atoms with Gasteiger partial charge in [0.05, 0.1) is 22.7 Å². The zero-order valence-electron chi connectivity index (χ0n) is 14.9. The quantitative estimate of drug-likeness (QED) is 0.843. The second-order valence-corrected chi connectivity index (χ2v) is 9.19. The minimum atomic E-state index is -3.65. The predicted molar refractivity (Wildman–Crippen MR) is 102 cm³/mol. The lowest BCUT2D eigenvalue weighted by Gasteiger charge is -2.34. The maximum Gasteiger partial charge on any atom is 0.256 e. The van der Waals surface area contributed by atoms with E-state index in [-0.39, 0.29) is 17.1 Å². The monoisotopic (exact) mass is 405 g/mol. The molecule has 2 atom stereocenters. The van der Waals surface area contributed by atoms with Gasteiger partial charge in [-0.1, -0.05) is 0 Å². The van der Waals surface area contributed by atoms with Crippen LogP contribution in [0.25, 0.3) is 0 Å². The predicted octanol–water partition coefficient (Wildman–Crippen LogP) is 2.67. The highest BCUT2D eigenvalue weighted by Gasteiger charge is 2.32. The number of benzene rings is 1. The van der Waals surface area contributed by atoms with E-state index in [4.69, 9.17) is 10.00 Å². The van der Waals surface area contributed by atoms with Gasteiger partial charge in [-0.05, 0) is 49.6 Å². The van der Waals surface area contributed by atoms with Crippen LogP contribution in [0.1, 0.15) is 29.8 Å². The van der Waals surface area contributed by atoms with Gasteiger partial charge in [0.2, 0.25) is 10.0 Å². The third kappa shape index (κ3) is 4.20. The van der Waals surface area contributed by atoms with E-state index in [1.165, 1.54) is 39.9 Å². The topological polar surface area (TPSA) is 99.5 Å². The Balaban J connectivity index is 1.76. The van der Waals surface area contributed by atoms with Crippen LogP contribution in [0.4, 0.5) is 5.00 Å². The van der Waals surface area contributed by atoms with E-state index in [1.54, 1.807) is 11.4 Å². The van der Waals surface area contributed by atoms with Gasteiger partial charge in [0.25, 0.3) is 5.91 Å². The molecule has 27 heavy (non-hydrogen) atoms. The molecule has 0 saturated carbocycles. The summed E-state index contributed by atoms with van der Waals surface area (Å²) in [5, 5.41) is 13.9. The molecule has 1 aromatic heterocycles. The average molecular weight is 406 g/mol. The van der Waals surface area contributed by atoms with E-state index < -0.39 is 15.9 Å². The van der Waals surface area contributed by atoms with Crippen LogP contribution in [0.5, 0.6) is 0 Å². The Bertz CT molecular complexity index is 967. The Morgan fingerprint density at radius 3 is 2.44 bits per heavy atom. The number of anilines is 1. The van der Waals surface area contributed by atoms with Crippen LogP contribution in [0, 0.1) is 11.3 Å². The number of hydrogen-bond acceptors (Lipinski definition) is 6. The normalized spacial score (nSPS) is 20.8. The van der Waals surface area contributed by atoms with E-state index >= 15 is 0 Å². The molecule has 0 aliphatic carbocycles.